The van der Waals surface area contributed by atoms with Gasteiger partial charge in [0.1, 0.15) is 29.8 Å². The van der Waals surface area contributed by atoms with Crippen LogP contribution in [0.5, 0.6) is 0 Å². The largest absolute Gasteiger partial charge is 0.391 e. The van der Waals surface area contributed by atoms with Gasteiger partial charge in [0, 0.05) is 11.1 Å². The van der Waals surface area contributed by atoms with Crippen LogP contribution in [-0.2, 0) is 4.84 Å². The normalized spacial score (nSPS) is 13.1. The monoisotopic (exact) mass is 305 g/mol. The van der Waals surface area contributed by atoms with E-state index >= 15 is 0 Å². The number of rotatable bonds is 4. The molecule has 1 aromatic heterocycles. The molecule has 0 unspecified atom stereocenters. The van der Waals surface area contributed by atoms with Crippen LogP contribution in [0.1, 0.15) is 27.4 Å². The molecule has 7 nitrogen and oxygen atoms in total. The van der Waals surface area contributed by atoms with Crippen LogP contribution in [0.25, 0.3) is 11.3 Å². The molecule has 1 aromatic carbocycles. The Morgan fingerprint density at radius 2 is 2.09 bits per heavy atom. The average Bonchev–Trinajstić information content (AvgIpc) is 2.87. The average molecular weight is 305 g/mol. The van der Waals surface area contributed by atoms with Crippen molar-refractivity contribution in [2.24, 2.45) is 10.9 Å². The van der Waals surface area contributed by atoms with Gasteiger partial charge in [-0.05, 0) is 0 Å². The molecule has 1 heterocycles. The summed E-state index contributed by atoms with van der Waals surface area (Å²) in [5.41, 5.74) is 7.79. The van der Waals surface area contributed by atoms with Crippen LogP contribution in [0, 0.1) is 11.3 Å². The van der Waals surface area contributed by atoms with E-state index in [1.165, 1.54) is 0 Å². The third-order valence-electron chi connectivity index (χ3n) is 3.24. The van der Waals surface area contributed by atoms with Gasteiger partial charge in [0.25, 0.3) is 5.91 Å². The molecule has 0 bridgehead atoms. The van der Waals surface area contributed by atoms with Gasteiger partial charge >= 0.3 is 0 Å². The SMILES string of the molecule is C=CCON=C1c2ccccc2-c2nc(C(N)=O)c(C#N)nc21. The number of nitrogens with zero attached hydrogens (tertiary/aromatic N) is 4. The summed E-state index contributed by atoms with van der Waals surface area (Å²) in [4.78, 5) is 25.1. The van der Waals surface area contributed by atoms with Crippen LogP contribution >= 0.6 is 0 Å². The van der Waals surface area contributed by atoms with E-state index in [0.717, 1.165) is 11.1 Å². The smallest absolute Gasteiger partial charge is 0.270 e. The quantitative estimate of drug-likeness (QED) is 0.444. The number of oxime groups is 1. The van der Waals surface area contributed by atoms with E-state index in [9.17, 15) is 10.1 Å². The molecule has 1 aliphatic rings. The van der Waals surface area contributed by atoms with Gasteiger partial charge in [-0.3, -0.25) is 4.79 Å². The Morgan fingerprint density at radius 1 is 1.35 bits per heavy atom. The molecule has 112 valence electrons. The zero-order valence-corrected chi connectivity index (χ0v) is 12.0. The van der Waals surface area contributed by atoms with Gasteiger partial charge in [0.15, 0.2) is 11.4 Å². The Morgan fingerprint density at radius 3 is 2.74 bits per heavy atom. The number of amides is 1. The van der Waals surface area contributed by atoms with Crippen LogP contribution in [0.2, 0.25) is 0 Å². The molecule has 3 rings (SSSR count). The van der Waals surface area contributed by atoms with Gasteiger partial charge in [-0.25, -0.2) is 9.97 Å². The predicted molar refractivity (Wildman–Crippen MR) is 82.5 cm³/mol. The number of fused-ring (bicyclic) bond motifs is 3. The van der Waals surface area contributed by atoms with E-state index in [1.54, 1.807) is 6.08 Å². The number of hydrogen-bond acceptors (Lipinski definition) is 6. The fourth-order valence-electron chi connectivity index (χ4n) is 2.31. The van der Waals surface area contributed by atoms with E-state index < -0.39 is 5.91 Å². The highest BCUT2D eigenvalue weighted by Crippen LogP contribution is 2.35. The minimum Gasteiger partial charge on any atom is -0.391 e. The third-order valence-corrected chi connectivity index (χ3v) is 3.24. The Balaban J connectivity index is 2.26. The summed E-state index contributed by atoms with van der Waals surface area (Å²) in [5.74, 6) is -0.803. The highest BCUT2D eigenvalue weighted by Gasteiger charge is 2.31. The first-order chi connectivity index (χ1) is 11.2. The molecular weight excluding hydrogens is 294 g/mol. The van der Waals surface area contributed by atoms with Crippen LogP contribution < -0.4 is 5.73 Å². The summed E-state index contributed by atoms with van der Waals surface area (Å²) in [6.45, 7) is 3.79. The maximum absolute atomic E-state index is 11.5. The first-order valence-electron chi connectivity index (χ1n) is 6.70. The molecule has 1 amide bonds. The van der Waals surface area contributed by atoms with Gasteiger partial charge in [-0.1, -0.05) is 42.1 Å². The second kappa shape index (κ2) is 5.69. The zero-order valence-electron chi connectivity index (χ0n) is 12.0. The number of benzene rings is 1. The molecule has 0 radical (unpaired) electrons. The highest BCUT2D eigenvalue weighted by atomic mass is 16.6. The zero-order chi connectivity index (χ0) is 16.4. The maximum Gasteiger partial charge on any atom is 0.270 e. The molecular formula is C16H11N5O2. The lowest BCUT2D eigenvalue weighted by Gasteiger charge is -2.03. The van der Waals surface area contributed by atoms with Crippen molar-refractivity contribution >= 4 is 11.6 Å². The maximum atomic E-state index is 11.5. The number of nitriles is 1. The molecule has 0 spiro atoms. The fraction of sp³-hybridized carbons (Fsp3) is 0.0625. The minimum absolute atomic E-state index is 0.138. The van der Waals surface area contributed by atoms with Crippen molar-refractivity contribution in [3.63, 3.8) is 0 Å². The first-order valence-corrected chi connectivity index (χ1v) is 6.70. The van der Waals surface area contributed by atoms with E-state index in [1.807, 2.05) is 30.3 Å². The summed E-state index contributed by atoms with van der Waals surface area (Å²) in [5, 5.41) is 13.2. The number of nitrogens with two attached hydrogens (primary N) is 1. The van der Waals surface area contributed by atoms with Crippen molar-refractivity contribution in [1.29, 1.82) is 5.26 Å². The standard InChI is InChI=1S/C16H11N5O2/c1-2-7-23-21-13-10-6-4-3-5-9(10)12-15(13)19-11(8-17)14(20-12)16(18)22/h2-6H,1,7H2,(H2,18,22). The Hall–Kier alpha value is -3.53. The van der Waals surface area contributed by atoms with E-state index in [0.29, 0.717) is 17.1 Å². The van der Waals surface area contributed by atoms with Crippen molar-refractivity contribution in [3.8, 4) is 17.3 Å². The van der Waals surface area contributed by atoms with Gasteiger partial charge in [0.2, 0.25) is 0 Å². The molecule has 1 aliphatic carbocycles. The molecule has 0 saturated heterocycles. The summed E-state index contributed by atoms with van der Waals surface area (Å²) >= 11 is 0. The van der Waals surface area contributed by atoms with Crippen LogP contribution in [0.4, 0.5) is 0 Å². The predicted octanol–water partition coefficient (Wildman–Crippen LogP) is 1.38. The second-order valence-electron chi connectivity index (χ2n) is 4.66. The van der Waals surface area contributed by atoms with Crippen molar-refractivity contribution in [2.45, 2.75) is 0 Å². The number of carbonyl (C=O) groups is 1. The van der Waals surface area contributed by atoms with Gasteiger partial charge in [0.05, 0.1) is 0 Å². The molecule has 7 heteroatoms. The molecule has 2 aromatic rings. The lowest BCUT2D eigenvalue weighted by Crippen LogP contribution is -2.18. The molecule has 2 N–H and O–H groups in total. The highest BCUT2D eigenvalue weighted by molar-refractivity contribution is 6.22. The number of hydrogen-bond donors (Lipinski definition) is 1. The van der Waals surface area contributed by atoms with Gasteiger partial charge in [-0.15, -0.1) is 0 Å². The number of carbonyl (C=O) groups excluding carboxylic acids is 1. The first kappa shape index (κ1) is 14.4. The van der Waals surface area contributed by atoms with E-state index in [4.69, 9.17) is 10.6 Å². The molecule has 0 fully saturated rings. The summed E-state index contributed by atoms with van der Waals surface area (Å²) in [6.07, 6.45) is 1.56. The van der Waals surface area contributed by atoms with Crippen molar-refractivity contribution in [3.05, 3.63) is 59.6 Å². The van der Waals surface area contributed by atoms with Crippen molar-refractivity contribution in [2.75, 3.05) is 6.61 Å². The summed E-state index contributed by atoms with van der Waals surface area (Å²) in [7, 11) is 0. The third kappa shape index (κ3) is 2.32. The molecule has 0 aliphatic heterocycles. The topological polar surface area (TPSA) is 114 Å². The summed E-state index contributed by atoms with van der Waals surface area (Å²) in [6, 6.07) is 9.18. The lowest BCUT2D eigenvalue weighted by atomic mass is 10.1. The van der Waals surface area contributed by atoms with Gasteiger partial charge in [-0.2, -0.15) is 5.26 Å². The van der Waals surface area contributed by atoms with Crippen LogP contribution in [0.15, 0.2) is 42.1 Å². The molecule has 0 saturated carbocycles. The number of aromatic nitrogens is 2. The minimum atomic E-state index is -0.803. The molecule has 0 atom stereocenters. The van der Waals surface area contributed by atoms with E-state index in [2.05, 4.69) is 21.7 Å². The van der Waals surface area contributed by atoms with Gasteiger partial charge < -0.3 is 10.6 Å². The summed E-state index contributed by atoms with van der Waals surface area (Å²) < 4.78 is 0. The van der Waals surface area contributed by atoms with E-state index in [-0.39, 0.29) is 18.0 Å². The second-order valence-corrected chi connectivity index (χ2v) is 4.66. The number of primary amides is 1. The van der Waals surface area contributed by atoms with Crippen molar-refractivity contribution < 1.29 is 9.63 Å². The Labute approximate surface area is 131 Å². The molecule has 23 heavy (non-hydrogen) atoms. The Bertz CT molecular complexity index is 896. The fourth-order valence-corrected chi connectivity index (χ4v) is 2.31. The van der Waals surface area contributed by atoms with Crippen molar-refractivity contribution in [1.82, 2.24) is 9.97 Å². The Kier molecular flexibility index (Phi) is 3.57. The van der Waals surface area contributed by atoms with Crippen LogP contribution in [0.3, 0.4) is 0 Å². The van der Waals surface area contributed by atoms with Crippen LogP contribution in [-0.4, -0.2) is 28.2 Å². The lowest BCUT2D eigenvalue weighted by molar-refractivity contribution is 0.0995.